The Morgan fingerprint density at radius 2 is 1.90 bits per heavy atom. The average molecular weight is 335 g/mol. The van der Waals surface area contributed by atoms with Crippen molar-refractivity contribution in [1.29, 1.82) is 0 Å². The lowest BCUT2D eigenvalue weighted by atomic mass is 10.1. The molecule has 1 atom stereocenters. The number of nitrogen functional groups attached to an aromatic ring is 1. The highest BCUT2D eigenvalue weighted by atomic mass is 79.9. The lowest BCUT2D eigenvalue weighted by molar-refractivity contribution is 0.0940. The molecular weight excluding hydrogens is 320 g/mol. The van der Waals surface area contributed by atoms with Gasteiger partial charge in [0.25, 0.3) is 5.91 Å². The van der Waals surface area contributed by atoms with Gasteiger partial charge in [-0.1, -0.05) is 28.1 Å². The summed E-state index contributed by atoms with van der Waals surface area (Å²) in [4.78, 5) is 12.2. The van der Waals surface area contributed by atoms with Crippen molar-refractivity contribution in [2.45, 2.75) is 13.0 Å². The Labute approximate surface area is 125 Å². The van der Waals surface area contributed by atoms with Gasteiger partial charge in [-0.15, -0.1) is 0 Å². The largest absolute Gasteiger partial charge is 0.508 e. The van der Waals surface area contributed by atoms with Gasteiger partial charge in [0, 0.05) is 10.2 Å². The summed E-state index contributed by atoms with van der Waals surface area (Å²) in [5, 5.41) is 12.3. The molecular formula is C15H15BrN2O2. The van der Waals surface area contributed by atoms with Crippen molar-refractivity contribution in [1.82, 2.24) is 5.32 Å². The Hall–Kier alpha value is -2.01. The summed E-state index contributed by atoms with van der Waals surface area (Å²) in [7, 11) is 0. The van der Waals surface area contributed by atoms with Crippen LogP contribution in [-0.4, -0.2) is 11.0 Å². The summed E-state index contributed by atoms with van der Waals surface area (Å²) in [6.07, 6.45) is 0. The number of rotatable bonds is 3. The minimum absolute atomic E-state index is 0.0145. The van der Waals surface area contributed by atoms with Gasteiger partial charge in [0.05, 0.1) is 11.6 Å². The maximum atomic E-state index is 12.2. The number of hydrogen-bond acceptors (Lipinski definition) is 3. The van der Waals surface area contributed by atoms with E-state index in [0.29, 0.717) is 5.69 Å². The number of phenols is 1. The molecule has 0 spiro atoms. The molecule has 0 aromatic heterocycles. The third-order valence-corrected chi connectivity index (χ3v) is 3.53. The summed E-state index contributed by atoms with van der Waals surface area (Å²) in [6, 6.07) is 11.9. The van der Waals surface area contributed by atoms with Crippen molar-refractivity contribution < 1.29 is 9.90 Å². The van der Waals surface area contributed by atoms with Gasteiger partial charge < -0.3 is 16.2 Å². The van der Waals surface area contributed by atoms with Crippen LogP contribution in [-0.2, 0) is 0 Å². The van der Waals surface area contributed by atoms with E-state index >= 15 is 0 Å². The zero-order chi connectivity index (χ0) is 14.7. The Morgan fingerprint density at radius 3 is 2.55 bits per heavy atom. The fourth-order valence-corrected chi connectivity index (χ4v) is 2.11. The van der Waals surface area contributed by atoms with E-state index in [1.807, 2.05) is 31.2 Å². The third kappa shape index (κ3) is 3.30. The molecule has 0 saturated heterocycles. The summed E-state index contributed by atoms with van der Waals surface area (Å²) in [5.74, 6) is -0.297. The van der Waals surface area contributed by atoms with E-state index in [9.17, 15) is 9.90 Å². The zero-order valence-corrected chi connectivity index (χ0v) is 12.5. The zero-order valence-electron chi connectivity index (χ0n) is 10.9. The number of aromatic hydroxyl groups is 1. The molecule has 0 bridgehead atoms. The van der Waals surface area contributed by atoms with Crippen LogP contribution < -0.4 is 11.1 Å². The molecule has 104 valence electrons. The summed E-state index contributed by atoms with van der Waals surface area (Å²) in [5.41, 5.74) is 7.34. The lowest BCUT2D eigenvalue weighted by Gasteiger charge is -2.15. The fourth-order valence-electron chi connectivity index (χ4n) is 1.85. The lowest BCUT2D eigenvalue weighted by Crippen LogP contribution is -2.27. The van der Waals surface area contributed by atoms with E-state index in [-0.39, 0.29) is 23.3 Å². The van der Waals surface area contributed by atoms with Crippen LogP contribution in [0.3, 0.4) is 0 Å². The predicted octanol–water partition coefficient (Wildman–Crippen LogP) is 3.23. The number of carbonyl (C=O) groups excluding carboxylic acids is 1. The van der Waals surface area contributed by atoms with E-state index in [1.54, 1.807) is 0 Å². The van der Waals surface area contributed by atoms with Gasteiger partial charge in [0.1, 0.15) is 5.75 Å². The molecule has 5 heteroatoms. The molecule has 1 amide bonds. The number of hydrogen-bond donors (Lipinski definition) is 3. The monoisotopic (exact) mass is 334 g/mol. The summed E-state index contributed by atoms with van der Waals surface area (Å²) < 4.78 is 0.983. The highest BCUT2D eigenvalue weighted by molar-refractivity contribution is 9.10. The van der Waals surface area contributed by atoms with Gasteiger partial charge in [0.15, 0.2) is 0 Å². The highest BCUT2D eigenvalue weighted by Crippen LogP contribution is 2.21. The summed E-state index contributed by atoms with van der Waals surface area (Å²) >= 11 is 3.37. The third-order valence-electron chi connectivity index (χ3n) is 3.00. The van der Waals surface area contributed by atoms with E-state index in [0.717, 1.165) is 10.0 Å². The maximum absolute atomic E-state index is 12.2. The molecule has 0 saturated carbocycles. The number of halogens is 1. The Balaban J connectivity index is 2.15. The number of nitrogens with two attached hydrogens (primary N) is 1. The fraction of sp³-hybridized carbons (Fsp3) is 0.133. The quantitative estimate of drug-likeness (QED) is 0.595. The molecule has 0 radical (unpaired) electrons. The average Bonchev–Trinajstić information content (AvgIpc) is 2.42. The number of phenolic OH excluding ortho intramolecular Hbond substituents is 1. The topological polar surface area (TPSA) is 75.3 Å². The van der Waals surface area contributed by atoms with Gasteiger partial charge in [-0.25, -0.2) is 0 Å². The number of anilines is 1. The molecule has 20 heavy (non-hydrogen) atoms. The van der Waals surface area contributed by atoms with Crippen molar-refractivity contribution in [3.63, 3.8) is 0 Å². The molecule has 0 aliphatic rings. The first-order chi connectivity index (χ1) is 9.47. The number of amides is 1. The van der Waals surface area contributed by atoms with Crippen molar-refractivity contribution in [3.05, 3.63) is 58.1 Å². The Morgan fingerprint density at radius 1 is 1.25 bits per heavy atom. The van der Waals surface area contributed by atoms with Gasteiger partial charge >= 0.3 is 0 Å². The normalized spacial score (nSPS) is 11.9. The molecule has 0 heterocycles. The molecule has 4 nitrogen and oxygen atoms in total. The van der Waals surface area contributed by atoms with Gasteiger partial charge in [0.2, 0.25) is 0 Å². The van der Waals surface area contributed by atoms with E-state index < -0.39 is 0 Å². The minimum atomic E-state index is -0.311. The second kappa shape index (κ2) is 5.96. The van der Waals surface area contributed by atoms with Crippen LogP contribution in [0.5, 0.6) is 5.75 Å². The second-order valence-corrected chi connectivity index (χ2v) is 5.43. The van der Waals surface area contributed by atoms with Crippen LogP contribution >= 0.6 is 15.9 Å². The number of nitrogens with one attached hydrogen (secondary N) is 1. The van der Waals surface area contributed by atoms with Gasteiger partial charge in [-0.3, -0.25) is 4.79 Å². The summed E-state index contributed by atoms with van der Waals surface area (Å²) in [6.45, 7) is 1.89. The molecule has 2 aromatic rings. The van der Waals surface area contributed by atoms with Crippen LogP contribution in [0.1, 0.15) is 28.9 Å². The van der Waals surface area contributed by atoms with Crippen molar-refractivity contribution >= 4 is 27.5 Å². The molecule has 2 aromatic carbocycles. The molecule has 0 fully saturated rings. The standard InChI is InChI=1S/C15H15BrN2O2/c1-9(10-2-4-11(16)5-3-10)18-15(20)13-8-12(19)6-7-14(13)17/h2-9,19H,17H2,1H3,(H,18,20). The molecule has 0 aliphatic heterocycles. The maximum Gasteiger partial charge on any atom is 0.253 e. The molecule has 0 aliphatic carbocycles. The van der Waals surface area contributed by atoms with Gasteiger partial charge in [-0.2, -0.15) is 0 Å². The van der Waals surface area contributed by atoms with E-state index in [1.165, 1.54) is 18.2 Å². The van der Waals surface area contributed by atoms with Crippen LogP contribution in [0.2, 0.25) is 0 Å². The molecule has 1 unspecified atom stereocenters. The SMILES string of the molecule is CC(NC(=O)c1cc(O)ccc1N)c1ccc(Br)cc1. The number of benzene rings is 2. The Bertz CT molecular complexity index is 626. The first kappa shape index (κ1) is 14.4. The van der Waals surface area contributed by atoms with Crippen molar-refractivity contribution in [3.8, 4) is 5.75 Å². The van der Waals surface area contributed by atoms with Crippen molar-refractivity contribution in [2.75, 3.05) is 5.73 Å². The van der Waals surface area contributed by atoms with Crippen LogP contribution in [0.25, 0.3) is 0 Å². The smallest absolute Gasteiger partial charge is 0.253 e. The first-order valence-electron chi connectivity index (χ1n) is 6.12. The van der Waals surface area contributed by atoms with E-state index in [4.69, 9.17) is 5.73 Å². The van der Waals surface area contributed by atoms with Crippen LogP contribution in [0.4, 0.5) is 5.69 Å². The van der Waals surface area contributed by atoms with E-state index in [2.05, 4.69) is 21.2 Å². The first-order valence-corrected chi connectivity index (χ1v) is 6.91. The van der Waals surface area contributed by atoms with Crippen LogP contribution in [0, 0.1) is 0 Å². The number of carbonyl (C=O) groups is 1. The van der Waals surface area contributed by atoms with Gasteiger partial charge in [-0.05, 0) is 42.8 Å². The molecule has 2 rings (SSSR count). The highest BCUT2D eigenvalue weighted by Gasteiger charge is 2.14. The van der Waals surface area contributed by atoms with Crippen molar-refractivity contribution in [2.24, 2.45) is 0 Å². The Kier molecular flexibility index (Phi) is 4.29. The predicted molar refractivity (Wildman–Crippen MR) is 82.5 cm³/mol. The second-order valence-electron chi connectivity index (χ2n) is 4.52. The molecule has 4 N–H and O–H groups in total. The minimum Gasteiger partial charge on any atom is -0.508 e. The van der Waals surface area contributed by atoms with Crippen LogP contribution in [0.15, 0.2) is 46.9 Å².